The molecule has 0 saturated carbocycles. The summed E-state index contributed by atoms with van der Waals surface area (Å²) in [5.74, 6) is -8.64. The monoisotopic (exact) mass is 1170 g/mol. The summed E-state index contributed by atoms with van der Waals surface area (Å²) in [6, 6.07) is 3.24. The van der Waals surface area contributed by atoms with Gasteiger partial charge in [-0.15, -0.1) is 0 Å². The third-order valence-electron chi connectivity index (χ3n) is 12.1. The topological polar surface area (TPSA) is 245 Å². The van der Waals surface area contributed by atoms with Crippen molar-refractivity contribution in [1.82, 2.24) is 35.2 Å². The number of nitrogens with zero attached hydrogens (tertiary/aromatic N) is 6. The number of phosphoric ester groups is 1. The molecule has 18 nitrogen and oxygen atoms in total. The van der Waals surface area contributed by atoms with E-state index in [1.165, 1.54) is 26.0 Å². The van der Waals surface area contributed by atoms with Crippen LogP contribution in [0.3, 0.4) is 0 Å². The number of carbonyl (C=O) groups is 2. The van der Waals surface area contributed by atoms with Gasteiger partial charge in [0.05, 0.1) is 44.3 Å². The van der Waals surface area contributed by atoms with Crippen molar-refractivity contribution in [3.8, 4) is 11.1 Å². The molecule has 3 heterocycles. The number of anilines is 1. The van der Waals surface area contributed by atoms with E-state index in [-0.39, 0.29) is 49.8 Å². The molecule has 0 fully saturated rings. The predicted molar refractivity (Wildman–Crippen MR) is 254 cm³/mol. The zero-order valence-electron chi connectivity index (χ0n) is 40.7. The maximum atomic E-state index is 15.5. The predicted octanol–water partition coefficient (Wildman–Crippen LogP) is 8.46. The molecule has 1 aliphatic carbocycles. The number of nitrogens with one attached hydrogen (secondary N) is 2. The Hall–Kier alpha value is -5.39. The van der Waals surface area contributed by atoms with E-state index < -0.39 is 175 Å². The number of amides is 3. The fourth-order valence-electron chi connectivity index (χ4n) is 8.44. The SMILES string of the molecule is CC(C)(CNC(=O)N(c1nn(CC(F)(F)F)c2c(-c3ccc(CCC(C)(C)S(C)(=O)=O)nc3[C@H](Cc3cc(F)cc(F)c3)NC(=O)Cn3nc(C(F)(F)F)c4c3C(F)(F)CCC4)ccc(Cl)c12)S(C)(=O)=O)OP(=O)(O)O. The van der Waals surface area contributed by atoms with Crippen LogP contribution in [-0.4, -0.2) is 98.7 Å². The molecule has 5 aromatic rings. The number of aromatic nitrogens is 5. The van der Waals surface area contributed by atoms with Gasteiger partial charge in [-0.2, -0.15) is 49.6 Å². The van der Waals surface area contributed by atoms with E-state index >= 15 is 8.78 Å². The molecule has 1 aliphatic rings. The number of aryl methyl sites for hydroxylation is 1. The fraction of sp³-hybridized carbons (Fsp3) is 0.477. The van der Waals surface area contributed by atoms with Crippen molar-refractivity contribution in [2.45, 2.75) is 114 Å². The molecule has 32 heteroatoms. The van der Waals surface area contributed by atoms with Crippen LogP contribution in [0.1, 0.15) is 86.9 Å². The number of sulfone groups is 1. The first-order chi connectivity index (χ1) is 34.6. The smallest absolute Gasteiger partial charge is 0.346 e. The van der Waals surface area contributed by atoms with Crippen molar-refractivity contribution in [1.29, 1.82) is 0 Å². The third-order valence-corrected chi connectivity index (χ3v) is 16.3. The van der Waals surface area contributed by atoms with E-state index in [0.717, 1.165) is 44.4 Å². The van der Waals surface area contributed by atoms with Gasteiger partial charge in [0.2, 0.25) is 15.9 Å². The highest BCUT2D eigenvalue weighted by Gasteiger charge is 2.48. The number of benzene rings is 2. The van der Waals surface area contributed by atoms with Crippen LogP contribution in [0.15, 0.2) is 42.5 Å². The van der Waals surface area contributed by atoms with Crippen molar-refractivity contribution >= 4 is 67.9 Å². The van der Waals surface area contributed by atoms with Crippen LogP contribution >= 0.6 is 19.4 Å². The van der Waals surface area contributed by atoms with Crippen molar-refractivity contribution < 1.29 is 89.2 Å². The van der Waals surface area contributed by atoms with Gasteiger partial charge in [-0.05, 0) is 89.6 Å². The Morgan fingerprint density at radius 2 is 1.55 bits per heavy atom. The molecule has 76 heavy (non-hydrogen) atoms. The van der Waals surface area contributed by atoms with Crippen LogP contribution in [0.4, 0.5) is 54.5 Å². The number of rotatable bonds is 18. The minimum Gasteiger partial charge on any atom is -0.346 e. The van der Waals surface area contributed by atoms with Gasteiger partial charge >= 0.3 is 26.2 Å². The van der Waals surface area contributed by atoms with Gasteiger partial charge in [0.25, 0.3) is 5.92 Å². The Balaban J connectivity index is 1.62. The summed E-state index contributed by atoms with van der Waals surface area (Å²) < 4.78 is 215. The van der Waals surface area contributed by atoms with E-state index in [1.807, 2.05) is 0 Å². The normalized spacial score (nSPS) is 15.1. The number of halogens is 11. The molecule has 6 rings (SSSR count). The molecule has 1 atom stereocenters. The maximum absolute atomic E-state index is 15.5. The Labute approximate surface area is 432 Å². The summed E-state index contributed by atoms with van der Waals surface area (Å²) in [6.45, 7) is 0.752. The van der Waals surface area contributed by atoms with E-state index in [9.17, 15) is 75.9 Å². The average Bonchev–Trinajstić information content (AvgIpc) is 3.79. The van der Waals surface area contributed by atoms with Gasteiger partial charge in [0, 0.05) is 47.7 Å². The van der Waals surface area contributed by atoms with Crippen molar-refractivity contribution in [3.05, 3.63) is 93.0 Å². The lowest BCUT2D eigenvalue weighted by atomic mass is 9.92. The third kappa shape index (κ3) is 14.0. The van der Waals surface area contributed by atoms with Crippen LogP contribution in [0.25, 0.3) is 22.0 Å². The second kappa shape index (κ2) is 21.1. The summed E-state index contributed by atoms with van der Waals surface area (Å²) in [5.41, 5.74) is -7.70. The number of sulfonamides is 1. The maximum Gasteiger partial charge on any atom is 0.470 e. The lowest BCUT2D eigenvalue weighted by Crippen LogP contribution is -2.48. The summed E-state index contributed by atoms with van der Waals surface area (Å²) >= 11 is 6.64. The molecular formula is C44H48ClF10N8O10PS2. The zero-order chi connectivity index (χ0) is 57.1. The Morgan fingerprint density at radius 1 is 0.934 bits per heavy atom. The van der Waals surface area contributed by atoms with E-state index in [2.05, 4.69) is 30.3 Å². The molecule has 4 N–H and O–H groups in total. The molecule has 418 valence electrons. The summed E-state index contributed by atoms with van der Waals surface area (Å²) in [5, 5.41) is 10.6. The molecule has 0 spiro atoms. The molecule has 0 radical (unpaired) electrons. The van der Waals surface area contributed by atoms with E-state index in [4.69, 9.17) is 11.6 Å². The number of hydrogen-bond acceptors (Lipinski definition) is 11. The lowest BCUT2D eigenvalue weighted by Gasteiger charge is -2.27. The number of phosphoric acid groups is 1. The molecule has 0 unspecified atom stereocenters. The minimum absolute atomic E-state index is 0.0102. The molecule has 0 aliphatic heterocycles. The molecule has 3 amide bonds. The average molecular weight is 1170 g/mol. The molecule has 2 aromatic carbocycles. The Bertz CT molecular complexity index is 3350. The molecular weight excluding hydrogens is 1120 g/mol. The quantitative estimate of drug-likeness (QED) is 0.0476. The van der Waals surface area contributed by atoms with Gasteiger partial charge in [0.15, 0.2) is 21.3 Å². The van der Waals surface area contributed by atoms with Crippen molar-refractivity contribution in [2.75, 3.05) is 23.4 Å². The van der Waals surface area contributed by atoms with Crippen molar-refractivity contribution in [3.63, 3.8) is 0 Å². The number of pyridine rings is 1. The highest BCUT2D eigenvalue weighted by Crippen LogP contribution is 2.46. The van der Waals surface area contributed by atoms with Crippen molar-refractivity contribution in [2.24, 2.45) is 0 Å². The molecule has 3 aromatic heterocycles. The molecule has 0 bridgehead atoms. The van der Waals surface area contributed by atoms with Crippen LogP contribution in [0.2, 0.25) is 5.02 Å². The van der Waals surface area contributed by atoms with Crippen LogP contribution < -0.4 is 14.9 Å². The Kier molecular flexibility index (Phi) is 16.6. The molecule has 0 saturated heterocycles. The number of fused-ring (bicyclic) bond motifs is 2. The second-order valence-corrected chi connectivity index (χ2v) is 25.3. The standard InChI is InChI=1S/C44H48ClF10N8O10PS2/c1-40(2,73-74(66,67)68)21-56-39(65)63(76(6,71)72)38-33-30(45)12-11-28(35(33)62(60-38)22-43(50,51)52)27-10-9-26(13-15-41(3,4)75(5,69)70)57-34(27)31(18-23-16-24(46)19-25(47)17-23)58-32(64)20-61-37-29(8-7-14-42(37,48)49)36(59-61)44(53,54)55/h9-12,16-17,19,31H,7-8,13-15,18,20-22H2,1-6H3,(H,56,65)(H,58,64)(H2,66,67,68)/t31-/m0/s1. The van der Waals surface area contributed by atoms with Crippen LogP contribution in [-0.2, 0) is 78.2 Å². The largest absolute Gasteiger partial charge is 0.470 e. The first-order valence-electron chi connectivity index (χ1n) is 22.4. The minimum atomic E-state index is -5.25. The Morgan fingerprint density at radius 3 is 2.12 bits per heavy atom. The first-order valence-corrected chi connectivity index (χ1v) is 28.0. The van der Waals surface area contributed by atoms with Gasteiger partial charge in [-0.1, -0.05) is 23.7 Å². The van der Waals surface area contributed by atoms with Gasteiger partial charge in [-0.25, -0.2) is 35.0 Å². The van der Waals surface area contributed by atoms with Crippen LogP contribution in [0, 0.1) is 11.6 Å². The van der Waals surface area contributed by atoms with Crippen LogP contribution in [0.5, 0.6) is 0 Å². The number of carbonyl (C=O) groups excluding carboxylic acids is 2. The first kappa shape index (κ1) is 59.8. The summed E-state index contributed by atoms with van der Waals surface area (Å²) in [6.07, 6.45) is -11.8. The highest BCUT2D eigenvalue weighted by molar-refractivity contribution is 7.93. The highest BCUT2D eigenvalue weighted by atomic mass is 35.5. The summed E-state index contributed by atoms with van der Waals surface area (Å²) in [7, 11) is -14.0. The van der Waals surface area contributed by atoms with Gasteiger partial charge in [-0.3, -0.25) is 23.7 Å². The van der Waals surface area contributed by atoms with E-state index in [1.54, 1.807) is 0 Å². The lowest BCUT2D eigenvalue weighted by molar-refractivity contribution is -0.143. The van der Waals surface area contributed by atoms with Gasteiger partial charge in [0.1, 0.15) is 30.4 Å². The zero-order valence-corrected chi connectivity index (χ0v) is 44.0. The summed E-state index contributed by atoms with van der Waals surface area (Å²) in [4.78, 5) is 51.4. The second-order valence-electron chi connectivity index (χ2n) is 19.2. The number of alkyl halides is 8. The fourth-order valence-corrected chi connectivity index (χ4v) is 10.7. The number of urea groups is 1. The van der Waals surface area contributed by atoms with Gasteiger partial charge < -0.3 is 20.4 Å². The number of hydrogen-bond donors (Lipinski definition) is 4. The van der Waals surface area contributed by atoms with E-state index in [0.29, 0.717) is 12.3 Å².